The summed E-state index contributed by atoms with van der Waals surface area (Å²) in [5.74, 6) is 0. The first-order chi connectivity index (χ1) is 9.81. The fourth-order valence-corrected chi connectivity index (χ4v) is 2.31. The zero-order valence-electron chi connectivity index (χ0n) is 11.5. The summed E-state index contributed by atoms with van der Waals surface area (Å²) >= 11 is 0. The summed E-state index contributed by atoms with van der Waals surface area (Å²) in [6.45, 7) is 2.11. The van der Waals surface area contributed by atoms with E-state index in [1.54, 1.807) is 6.20 Å². The lowest BCUT2D eigenvalue weighted by Crippen LogP contribution is -1.91. The molecule has 2 heteroatoms. The maximum atomic E-state index is 4.37. The molecule has 3 rings (SSSR count). The smallest absolute Gasteiger partial charge is 0.0346 e. The Morgan fingerprint density at radius 1 is 0.800 bits per heavy atom. The van der Waals surface area contributed by atoms with Crippen molar-refractivity contribution in [3.8, 4) is 11.1 Å². The van der Waals surface area contributed by atoms with Gasteiger partial charge in [0.25, 0.3) is 0 Å². The molecule has 0 aliphatic carbocycles. The molecule has 3 aromatic rings. The van der Waals surface area contributed by atoms with Gasteiger partial charge in [0, 0.05) is 36.8 Å². The second-order valence-electron chi connectivity index (χ2n) is 4.99. The van der Waals surface area contributed by atoms with Crippen LogP contribution in [0.1, 0.15) is 16.7 Å². The number of aryl methyl sites for hydroxylation is 1. The summed E-state index contributed by atoms with van der Waals surface area (Å²) in [4.78, 5) is 8.52. The first kappa shape index (κ1) is 12.5. The Balaban J connectivity index is 1.90. The predicted octanol–water partition coefficient (Wildman–Crippen LogP) is 4.04. The molecule has 2 aromatic heterocycles. The van der Waals surface area contributed by atoms with E-state index >= 15 is 0 Å². The van der Waals surface area contributed by atoms with Gasteiger partial charge in [0.05, 0.1) is 0 Å². The van der Waals surface area contributed by atoms with Crippen LogP contribution in [0.15, 0.2) is 67.3 Å². The molecule has 0 fully saturated rings. The lowest BCUT2D eigenvalue weighted by Gasteiger charge is -2.06. The van der Waals surface area contributed by atoms with E-state index in [-0.39, 0.29) is 0 Å². The van der Waals surface area contributed by atoms with Crippen molar-refractivity contribution >= 4 is 0 Å². The van der Waals surface area contributed by atoms with Crippen molar-refractivity contribution in [3.63, 3.8) is 0 Å². The number of hydrogen-bond acceptors (Lipinski definition) is 2. The van der Waals surface area contributed by atoms with Crippen LogP contribution in [-0.2, 0) is 6.42 Å². The Morgan fingerprint density at radius 3 is 2.50 bits per heavy atom. The van der Waals surface area contributed by atoms with Crippen LogP contribution < -0.4 is 0 Å². The molecule has 0 spiro atoms. The highest BCUT2D eigenvalue weighted by molar-refractivity contribution is 5.63. The van der Waals surface area contributed by atoms with Crippen molar-refractivity contribution in [1.82, 2.24) is 9.97 Å². The van der Waals surface area contributed by atoms with E-state index in [1.807, 2.05) is 24.7 Å². The Morgan fingerprint density at radius 2 is 1.70 bits per heavy atom. The first-order valence-corrected chi connectivity index (χ1v) is 6.71. The van der Waals surface area contributed by atoms with Crippen LogP contribution in [-0.4, -0.2) is 9.97 Å². The van der Waals surface area contributed by atoms with Crippen molar-refractivity contribution in [2.75, 3.05) is 0 Å². The van der Waals surface area contributed by atoms with E-state index in [1.165, 1.54) is 22.3 Å². The highest BCUT2D eigenvalue weighted by Crippen LogP contribution is 2.21. The van der Waals surface area contributed by atoms with Gasteiger partial charge in [-0.15, -0.1) is 0 Å². The van der Waals surface area contributed by atoms with Gasteiger partial charge in [-0.25, -0.2) is 0 Å². The van der Waals surface area contributed by atoms with E-state index in [4.69, 9.17) is 0 Å². The van der Waals surface area contributed by atoms with Crippen LogP contribution in [0, 0.1) is 6.92 Å². The molecule has 0 unspecified atom stereocenters. The molecule has 0 atom stereocenters. The van der Waals surface area contributed by atoms with Crippen LogP contribution in [0.2, 0.25) is 0 Å². The standard InChI is InChI=1S/C18H16N2/c1-14-4-2-6-17(8-14)18-10-16(12-20-13-18)9-15-5-3-7-19-11-15/h2-8,10-13H,9H2,1H3. The third-order valence-corrected chi connectivity index (χ3v) is 3.28. The maximum Gasteiger partial charge on any atom is 0.0346 e. The van der Waals surface area contributed by atoms with E-state index in [9.17, 15) is 0 Å². The predicted molar refractivity (Wildman–Crippen MR) is 81.5 cm³/mol. The first-order valence-electron chi connectivity index (χ1n) is 6.71. The molecule has 2 heterocycles. The van der Waals surface area contributed by atoms with E-state index in [0.717, 1.165) is 12.0 Å². The third kappa shape index (κ3) is 2.91. The summed E-state index contributed by atoms with van der Waals surface area (Å²) in [7, 11) is 0. The molecule has 0 aliphatic rings. The molecule has 0 radical (unpaired) electrons. The van der Waals surface area contributed by atoms with Crippen molar-refractivity contribution in [3.05, 3.63) is 83.9 Å². The summed E-state index contributed by atoms with van der Waals surface area (Å²) in [5, 5.41) is 0. The van der Waals surface area contributed by atoms with Gasteiger partial charge in [-0.2, -0.15) is 0 Å². The molecule has 0 N–H and O–H groups in total. The molecule has 2 nitrogen and oxygen atoms in total. The van der Waals surface area contributed by atoms with E-state index in [0.29, 0.717) is 0 Å². The van der Waals surface area contributed by atoms with Gasteiger partial charge >= 0.3 is 0 Å². The molecule has 98 valence electrons. The number of hydrogen-bond donors (Lipinski definition) is 0. The minimum Gasteiger partial charge on any atom is -0.264 e. The fourth-order valence-electron chi connectivity index (χ4n) is 2.31. The second-order valence-corrected chi connectivity index (χ2v) is 4.99. The van der Waals surface area contributed by atoms with Crippen LogP contribution in [0.25, 0.3) is 11.1 Å². The lowest BCUT2D eigenvalue weighted by atomic mass is 10.0. The molecule has 0 saturated carbocycles. The van der Waals surface area contributed by atoms with Crippen molar-refractivity contribution in [2.45, 2.75) is 13.3 Å². The molecule has 20 heavy (non-hydrogen) atoms. The second kappa shape index (κ2) is 5.66. The minimum atomic E-state index is 0.862. The van der Waals surface area contributed by atoms with Crippen LogP contribution >= 0.6 is 0 Å². The van der Waals surface area contributed by atoms with Crippen LogP contribution in [0.3, 0.4) is 0 Å². The number of pyridine rings is 2. The average Bonchev–Trinajstić information content (AvgIpc) is 2.49. The quantitative estimate of drug-likeness (QED) is 0.710. The van der Waals surface area contributed by atoms with Gasteiger partial charge in [0.15, 0.2) is 0 Å². The van der Waals surface area contributed by atoms with Crippen LogP contribution in [0.5, 0.6) is 0 Å². The van der Waals surface area contributed by atoms with E-state index < -0.39 is 0 Å². The molecule has 0 bridgehead atoms. The molecular formula is C18H16N2. The van der Waals surface area contributed by atoms with Crippen molar-refractivity contribution in [1.29, 1.82) is 0 Å². The van der Waals surface area contributed by atoms with Crippen molar-refractivity contribution < 1.29 is 0 Å². The van der Waals surface area contributed by atoms with Gasteiger partial charge in [0.2, 0.25) is 0 Å². The topological polar surface area (TPSA) is 25.8 Å². The average molecular weight is 260 g/mol. The molecule has 0 aliphatic heterocycles. The zero-order valence-corrected chi connectivity index (χ0v) is 11.5. The summed E-state index contributed by atoms with van der Waals surface area (Å²) < 4.78 is 0. The number of nitrogens with zero attached hydrogens (tertiary/aromatic N) is 2. The summed E-state index contributed by atoms with van der Waals surface area (Å²) in [5.41, 5.74) is 6.05. The monoisotopic (exact) mass is 260 g/mol. The number of rotatable bonds is 3. The summed E-state index contributed by atoms with van der Waals surface area (Å²) in [6.07, 6.45) is 8.40. The third-order valence-electron chi connectivity index (χ3n) is 3.28. The zero-order chi connectivity index (χ0) is 13.8. The van der Waals surface area contributed by atoms with Gasteiger partial charge in [-0.05, 0) is 35.7 Å². The largest absolute Gasteiger partial charge is 0.264 e. The minimum absolute atomic E-state index is 0.862. The van der Waals surface area contributed by atoms with Gasteiger partial charge in [-0.3, -0.25) is 9.97 Å². The molecule has 0 amide bonds. The Bertz CT molecular complexity index is 705. The molecular weight excluding hydrogens is 244 g/mol. The molecule has 1 aromatic carbocycles. The summed E-state index contributed by atoms with van der Waals surface area (Å²) in [6, 6.07) is 14.8. The van der Waals surface area contributed by atoms with Crippen molar-refractivity contribution in [2.24, 2.45) is 0 Å². The van der Waals surface area contributed by atoms with Crippen LogP contribution in [0.4, 0.5) is 0 Å². The Hall–Kier alpha value is -2.48. The Kier molecular flexibility index (Phi) is 3.55. The van der Waals surface area contributed by atoms with Gasteiger partial charge < -0.3 is 0 Å². The normalized spacial score (nSPS) is 10.4. The lowest BCUT2D eigenvalue weighted by molar-refractivity contribution is 1.12. The van der Waals surface area contributed by atoms with Gasteiger partial charge in [0.1, 0.15) is 0 Å². The SMILES string of the molecule is Cc1cccc(-c2cncc(Cc3cccnc3)c2)c1. The fraction of sp³-hybridized carbons (Fsp3) is 0.111. The Labute approximate surface area is 119 Å². The van der Waals surface area contributed by atoms with Gasteiger partial charge in [-0.1, -0.05) is 35.9 Å². The highest BCUT2D eigenvalue weighted by atomic mass is 14.6. The maximum absolute atomic E-state index is 4.37. The number of benzene rings is 1. The highest BCUT2D eigenvalue weighted by Gasteiger charge is 2.02. The van der Waals surface area contributed by atoms with E-state index in [2.05, 4.69) is 53.3 Å². The molecule has 0 saturated heterocycles. The number of aromatic nitrogens is 2.